The number of amides is 1. The first kappa shape index (κ1) is 14.7. The van der Waals surface area contributed by atoms with Crippen molar-refractivity contribution in [3.05, 3.63) is 11.1 Å². The molecule has 102 valence electrons. The van der Waals surface area contributed by atoms with Gasteiger partial charge in [-0.3, -0.25) is 4.79 Å². The maximum absolute atomic E-state index is 11.7. The van der Waals surface area contributed by atoms with Gasteiger partial charge in [0, 0.05) is 30.8 Å². The minimum atomic E-state index is -1.07. The van der Waals surface area contributed by atoms with E-state index in [2.05, 4.69) is 10.2 Å². The van der Waals surface area contributed by atoms with Crippen LogP contribution >= 0.6 is 0 Å². The van der Waals surface area contributed by atoms with Crippen LogP contribution in [0.15, 0.2) is 11.1 Å². The average Bonchev–Trinajstić information content (AvgIpc) is 2.34. The van der Waals surface area contributed by atoms with Crippen LogP contribution in [0, 0.1) is 0 Å². The zero-order chi connectivity index (χ0) is 13.7. The van der Waals surface area contributed by atoms with E-state index in [-0.39, 0.29) is 23.2 Å². The molecule has 0 aliphatic carbocycles. The summed E-state index contributed by atoms with van der Waals surface area (Å²) in [5, 5.41) is 11.5. The predicted octanol–water partition coefficient (Wildman–Crippen LogP) is -0.146. The third-order valence-corrected chi connectivity index (χ3v) is 3.06. The van der Waals surface area contributed by atoms with E-state index in [1.54, 1.807) is 0 Å². The number of rotatable bonds is 4. The second-order valence-corrected chi connectivity index (χ2v) is 4.52. The van der Waals surface area contributed by atoms with Gasteiger partial charge in [0.2, 0.25) is 5.91 Å². The molecule has 0 aromatic heterocycles. The van der Waals surface area contributed by atoms with Crippen LogP contribution in [0.5, 0.6) is 0 Å². The number of nitrogens with one attached hydrogen (secondary N) is 1. The molecule has 2 N–H and O–H groups in total. The largest absolute Gasteiger partial charge is 0.478 e. The van der Waals surface area contributed by atoms with Gasteiger partial charge in [-0.25, -0.2) is 4.79 Å². The highest BCUT2D eigenvalue weighted by Gasteiger charge is 2.19. The number of carbonyl (C=O) groups excluding carboxylic acids is 1. The van der Waals surface area contributed by atoms with Crippen molar-refractivity contribution in [1.82, 2.24) is 10.2 Å². The highest BCUT2D eigenvalue weighted by Crippen LogP contribution is 2.05. The standard InChI is InChI=1S/C12H20N2O4/c1-8(9(2)12(16)17)11(15)13-6-10-7-14(3)4-5-18-10/h10H,4-7H2,1-3H3,(H,13,15)(H,16,17). The van der Waals surface area contributed by atoms with Crippen LogP contribution in [0.3, 0.4) is 0 Å². The van der Waals surface area contributed by atoms with Crippen LogP contribution in [-0.4, -0.2) is 61.3 Å². The van der Waals surface area contributed by atoms with E-state index in [9.17, 15) is 9.59 Å². The third-order valence-electron chi connectivity index (χ3n) is 3.06. The van der Waals surface area contributed by atoms with Crippen molar-refractivity contribution < 1.29 is 19.4 Å². The molecule has 6 heteroatoms. The topological polar surface area (TPSA) is 78.9 Å². The minimum Gasteiger partial charge on any atom is -0.478 e. The minimum absolute atomic E-state index is 0.0364. The molecule has 0 bridgehead atoms. The fourth-order valence-corrected chi connectivity index (χ4v) is 1.66. The van der Waals surface area contributed by atoms with Crippen molar-refractivity contribution in [2.24, 2.45) is 0 Å². The molecule has 1 aliphatic rings. The smallest absolute Gasteiger partial charge is 0.331 e. The first-order valence-corrected chi connectivity index (χ1v) is 5.91. The van der Waals surface area contributed by atoms with Crippen LogP contribution in [0.25, 0.3) is 0 Å². The first-order chi connectivity index (χ1) is 8.41. The second kappa shape index (κ2) is 6.51. The number of likely N-dealkylation sites (N-methyl/N-ethyl adjacent to an activating group) is 1. The van der Waals surface area contributed by atoms with E-state index in [1.165, 1.54) is 13.8 Å². The van der Waals surface area contributed by atoms with Crippen LogP contribution in [0.4, 0.5) is 0 Å². The number of morpholine rings is 1. The fraction of sp³-hybridized carbons (Fsp3) is 0.667. The quantitative estimate of drug-likeness (QED) is 0.684. The summed E-state index contributed by atoms with van der Waals surface area (Å²) in [6.45, 7) is 5.63. The van der Waals surface area contributed by atoms with Crippen LogP contribution in [0.1, 0.15) is 13.8 Å². The number of carboxylic acids is 1. The molecule has 1 unspecified atom stereocenters. The van der Waals surface area contributed by atoms with Crippen molar-refractivity contribution in [2.45, 2.75) is 20.0 Å². The van der Waals surface area contributed by atoms with E-state index in [0.717, 1.165) is 13.1 Å². The Labute approximate surface area is 107 Å². The number of carboxylic acid groups (broad SMARTS) is 1. The molecule has 1 rings (SSSR count). The molecule has 0 aromatic carbocycles. The average molecular weight is 256 g/mol. The van der Waals surface area contributed by atoms with E-state index in [1.807, 2.05) is 7.05 Å². The molecule has 1 aliphatic heterocycles. The lowest BCUT2D eigenvalue weighted by molar-refractivity contribution is -0.133. The van der Waals surface area contributed by atoms with Gasteiger partial charge in [-0.15, -0.1) is 0 Å². The summed E-state index contributed by atoms with van der Waals surface area (Å²) < 4.78 is 5.50. The van der Waals surface area contributed by atoms with E-state index < -0.39 is 5.97 Å². The Kier molecular flexibility index (Phi) is 5.30. The number of hydrogen-bond acceptors (Lipinski definition) is 4. The molecule has 1 amide bonds. The molecular weight excluding hydrogens is 236 g/mol. The van der Waals surface area contributed by atoms with E-state index in [4.69, 9.17) is 9.84 Å². The maximum Gasteiger partial charge on any atom is 0.331 e. The summed E-state index contributed by atoms with van der Waals surface area (Å²) in [4.78, 5) is 24.6. The molecule has 1 atom stereocenters. The van der Waals surface area contributed by atoms with Gasteiger partial charge in [-0.1, -0.05) is 0 Å². The molecule has 6 nitrogen and oxygen atoms in total. The number of hydrogen-bond donors (Lipinski definition) is 2. The molecule has 0 saturated carbocycles. The van der Waals surface area contributed by atoms with Crippen LogP contribution < -0.4 is 5.32 Å². The number of aliphatic carboxylic acids is 1. The highest BCUT2D eigenvalue weighted by atomic mass is 16.5. The lowest BCUT2D eigenvalue weighted by Gasteiger charge is -2.30. The maximum atomic E-state index is 11.7. The normalized spacial score (nSPS) is 22.3. The van der Waals surface area contributed by atoms with Gasteiger partial charge in [0.25, 0.3) is 0 Å². The first-order valence-electron chi connectivity index (χ1n) is 5.91. The monoisotopic (exact) mass is 256 g/mol. The number of nitrogens with zero attached hydrogens (tertiary/aromatic N) is 1. The third kappa shape index (κ3) is 4.12. The Morgan fingerprint density at radius 3 is 2.61 bits per heavy atom. The molecule has 0 spiro atoms. The highest BCUT2D eigenvalue weighted by molar-refractivity contribution is 6.01. The Morgan fingerprint density at radius 1 is 1.39 bits per heavy atom. The number of carbonyl (C=O) groups is 2. The van der Waals surface area contributed by atoms with Crippen molar-refractivity contribution in [3.8, 4) is 0 Å². The zero-order valence-corrected chi connectivity index (χ0v) is 11.0. The Morgan fingerprint density at radius 2 is 2.06 bits per heavy atom. The van der Waals surface area contributed by atoms with Gasteiger partial charge in [0.05, 0.1) is 12.7 Å². The van der Waals surface area contributed by atoms with Gasteiger partial charge >= 0.3 is 5.97 Å². The summed E-state index contributed by atoms with van der Waals surface area (Å²) in [5.41, 5.74) is 0.292. The van der Waals surface area contributed by atoms with Gasteiger partial charge in [0.15, 0.2) is 0 Å². The molecule has 0 radical (unpaired) electrons. The molecule has 1 saturated heterocycles. The summed E-state index contributed by atoms with van der Waals surface area (Å²) in [6.07, 6.45) is -0.0364. The molecule has 18 heavy (non-hydrogen) atoms. The molecular formula is C12H20N2O4. The second-order valence-electron chi connectivity index (χ2n) is 4.52. The predicted molar refractivity (Wildman–Crippen MR) is 66.3 cm³/mol. The van der Waals surface area contributed by atoms with Crippen molar-refractivity contribution in [2.75, 3.05) is 33.3 Å². The van der Waals surface area contributed by atoms with Gasteiger partial charge in [0.1, 0.15) is 0 Å². The van der Waals surface area contributed by atoms with E-state index in [0.29, 0.717) is 13.2 Å². The van der Waals surface area contributed by atoms with Crippen molar-refractivity contribution in [3.63, 3.8) is 0 Å². The SMILES string of the molecule is CC(C(=O)O)=C(C)C(=O)NCC1CN(C)CCO1. The van der Waals surface area contributed by atoms with Crippen LogP contribution in [0.2, 0.25) is 0 Å². The molecule has 0 aromatic rings. The Hall–Kier alpha value is -1.40. The Balaban J connectivity index is 2.46. The fourth-order valence-electron chi connectivity index (χ4n) is 1.66. The summed E-state index contributed by atoms with van der Waals surface area (Å²) >= 11 is 0. The zero-order valence-electron chi connectivity index (χ0n) is 11.0. The molecule has 1 heterocycles. The van der Waals surface area contributed by atoms with Crippen molar-refractivity contribution >= 4 is 11.9 Å². The number of ether oxygens (including phenoxy) is 1. The van der Waals surface area contributed by atoms with Gasteiger partial charge in [-0.2, -0.15) is 0 Å². The van der Waals surface area contributed by atoms with Gasteiger partial charge in [-0.05, 0) is 20.9 Å². The van der Waals surface area contributed by atoms with Crippen LogP contribution in [-0.2, 0) is 14.3 Å². The summed E-state index contributed by atoms with van der Waals surface area (Å²) in [7, 11) is 2.00. The summed E-state index contributed by atoms with van der Waals surface area (Å²) in [5.74, 6) is -1.43. The molecule has 1 fully saturated rings. The van der Waals surface area contributed by atoms with E-state index >= 15 is 0 Å². The van der Waals surface area contributed by atoms with Gasteiger partial charge < -0.3 is 20.1 Å². The lowest BCUT2D eigenvalue weighted by Crippen LogP contribution is -2.46. The van der Waals surface area contributed by atoms with Crippen molar-refractivity contribution in [1.29, 1.82) is 0 Å². The Bertz CT molecular complexity index is 365. The summed E-state index contributed by atoms with van der Waals surface area (Å²) in [6, 6.07) is 0. The lowest BCUT2D eigenvalue weighted by atomic mass is 10.1.